The topological polar surface area (TPSA) is 68.0 Å². The van der Waals surface area contributed by atoms with Gasteiger partial charge in [-0.15, -0.1) is 12.6 Å². The number of benzene rings is 1. The number of hydrogen-bond donors (Lipinski definition) is 2. The SMILES string of the molecule is Cc1noc(CCNC(=O)c2cc(S)ccc2Br)n1. The maximum absolute atomic E-state index is 12.0. The Bertz CT molecular complexity index is 600. The number of nitrogens with zero attached hydrogens (tertiary/aromatic N) is 2. The fourth-order valence-electron chi connectivity index (χ4n) is 1.51. The molecule has 19 heavy (non-hydrogen) atoms. The lowest BCUT2D eigenvalue weighted by molar-refractivity contribution is 0.0952. The Labute approximate surface area is 124 Å². The lowest BCUT2D eigenvalue weighted by Crippen LogP contribution is -2.26. The summed E-state index contributed by atoms with van der Waals surface area (Å²) in [6.45, 7) is 2.19. The molecule has 7 heteroatoms. The van der Waals surface area contributed by atoms with Gasteiger partial charge >= 0.3 is 0 Å². The Morgan fingerprint density at radius 1 is 1.53 bits per heavy atom. The van der Waals surface area contributed by atoms with Gasteiger partial charge in [-0.25, -0.2) is 0 Å². The Kier molecular flexibility index (Phi) is 4.60. The molecule has 2 rings (SSSR count). The molecule has 0 atom stereocenters. The molecule has 0 fully saturated rings. The molecule has 0 spiro atoms. The molecule has 5 nitrogen and oxygen atoms in total. The summed E-state index contributed by atoms with van der Waals surface area (Å²) in [5, 5.41) is 6.48. The summed E-state index contributed by atoms with van der Waals surface area (Å²) in [5.74, 6) is 0.936. The summed E-state index contributed by atoms with van der Waals surface area (Å²) >= 11 is 7.55. The average molecular weight is 342 g/mol. The van der Waals surface area contributed by atoms with Crippen molar-refractivity contribution in [1.82, 2.24) is 15.5 Å². The maximum Gasteiger partial charge on any atom is 0.252 e. The fourth-order valence-corrected chi connectivity index (χ4v) is 2.14. The molecule has 100 valence electrons. The molecule has 0 aliphatic carbocycles. The van der Waals surface area contributed by atoms with E-state index < -0.39 is 0 Å². The standard InChI is InChI=1S/C12H12BrN3O2S/c1-7-15-11(18-16-7)4-5-14-12(17)9-6-8(19)2-3-10(9)13/h2-3,6,19H,4-5H2,1H3,(H,14,17). The normalized spacial score (nSPS) is 10.5. The van der Waals surface area contributed by atoms with E-state index in [0.717, 1.165) is 9.37 Å². The van der Waals surface area contributed by atoms with Crippen molar-refractivity contribution in [2.45, 2.75) is 18.2 Å². The van der Waals surface area contributed by atoms with Crippen LogP contribution in [-0.4, -0.2) is 22.6 Å². The first-order valence-electron chi connectivity index (χ1n) is 5.62. The van der Waals surface area contributed by atoms with Crippen molar-refractivity contribution < 1.29 is 9.32 Å². The van der Waals surface area contributed by atoms with Crippen LogP contribution in [0.4, 0.5) is 0 Å². The number of carbonyl (C=O) groups is 1. The van der Waals surface area contributed by atoms with Crippen LogP contribution in [0.25, 0.3) is 0 Å². The Hall–Kier alpha value is -1.34. The van der Waals surface area contributed by atoms with E-state index in [1.165, 1.54) is 0 Å². The lowest BCUT2D eigenvalue weighted by Gasteiger charge is -2.06. The first kappa shape index (κ1) is 14.1. The second kappa shape index (κ2) is 6.21. The van der Waals surface area contributed by atoms with Crippen LogP contribution in [0.5, 0.6) is 0 Å². The number of thiol groups is 1. The van der Waals surface area contributed by atoms with Crippen LogP contribution in [0.3, 0.4) is 0 Å². The van der Waals surface area contributed by atoms with Crippen molar-refractivity contribution in [2.75, 3.05) is 6.54 Å². The Morgan fingerprint density at radius 3 is 3.00 bits per heavy atom. The second-order valence-corrected chi connectivity index (χ2v) is 5.28. The number of aromatic nitrogens is 2. The van der Waals surface area contributed by atoms with Gasteiger partial charge in [0.05, 0.1) is 5.56 Å². The van der Waals surface area contributed by atoms with E-state index >= 15 is 0 Å². The minimum atomic E-state index is -0.168. The van der Waals surface area contributed by atoms with E-state index in [9.17, 15) is 4.79 Å². The number of nitrogens with one attached hydrogen (secondary N) is 1. The van der Waals surface area contributed by atoms with Crippen LogP contribution in [0.1, 0.15) is 22.1 Å². The van der Waals surface area contributed by atoms with E-state index in [-0.39, 0.29) is 5.91 Å². The number of hydrogen-bond acceptors (Lipinski definition) is 5. The third-order valence-electron chi connectivity index (χ3n) is 2.39. The zero-order valence-corrected chi connectivity index (χ0v) is 12.7. The molecule has 1 heterocycles. The van der Waals surface area contributed by atoms with Crippen LogP contribution < -0.4 is 5.32 Å². The smallest absolute Gasteiger partial charge is 0.252 e. The Balaban J connectivity index is 1.92. The zero-order valence-electron chi connectivity index (χ0n) is 10.2. The molecular formula is C12H12BrN3O2S. The largest absolute Gasteiger partial charge is 0.351 e. The van der Waals surface area contributed by atoms with Gasteiger partial charge in [0.1, 0.15) is 0 Å². The highest BCUT2D eigenvalue weighted by Gasteiger charge is 2.10. The van der Waals surface area contributed by atoms with E-state index in [4.69, 9.17) is 4.52 Å². The third kappa shape index (κ3) is 3.81. The van der Waals surface area contributed by atoms with Crippen molar-refractivity contribution in [3.8, 4) is 0 Å². The molecule has 0 unspecified atom stereocenters. The molecule has 0 saturated carbocycles. The minimum absolute atomic E-state index is 0.168. The number of halogens is 1. The molecular weight excluding hydrogens is 330 g/mol. The van der Waals surface area contributed by atoms with Crippen LogP contribution in [0, 0.1) is 6.92 Å². The van der Waals surface area contributed by atoms with Gasteiger partial charge in [0.15, 0.2) is 5.82 Å². The number of rotatable bonds is 4. The van der Waals surface area contributed by atoms with E-state index in [2.05, 4.69) is 44.0 Å². The van der Waals surface area contributed by atoms with Crippen molar-refractivity contribution in [2.24, 2.45) is 0 Å². The summed E-state index contributed by atoms with van der Waals surface area (Å²) in [5.41, 5.74) is 0.550. The highest BCUT2D eigenvalue weighted by molar-refractivity contribution is 9.10. The molecule has 0 bridgehead atoms. The van der Waals surface area contributed by atoms with Crippen LogP contribution >= 0.6 is 28.6 Å². The van der Waals surface area contributed by atoms with Gasteiger partial charge in [-0.05, 0) is 41.1 Å². The highest BCUT2D eigenvalue weighted by atomic mass is 79.9. The maximum atomic E-state index is 12.0. The summed E-state index contributed by atoms with van der Waals surface area (Å²) in [4.78, 5) is 16.8. The third-order valence-corrected chi connectivity index (χ3v) is 3.36. The quantitative estimate of drug-likeness (QED) is 0.838. The van der Waals surface area contributed by atoms with Gasteiger partial charge in [0, 0.05) is 22.3 Å². The van der Waals surface area contributed by atoms with E-state index in [1.54, 1.807) is 19.1 Å². The predicted octanol–water partition coefficient (Wildman–Crippen LogP) is 2.40. The molecule has 1 amide bonds. The van der Waals surface area contributed by atoms with Gasteiger partial charge in [-0.2, -0.15) is 4.98 Å². The molecule has 0 aliphatic heterocycles. The minimum Gasteiger partial charge on any atom is -0.351 e. The second-order valence-electron chi connectivity index (χ2n) is 3.91. The zero-order chi connectivity index (χ0) is 13.8. The molecule has 0 radical (unpaired) electrons. The van der Waals surface area contributed by atoms with Gasteiger partial charge in [0.25, 0.3) is 5.91 Å². The predicted molar refractivity (Wildman–Crippen MR) is 76.5 cm³/mol. The van der Waals surface area contributed by atoms with Crippen molar-refractivity contribution in [3.63, 3.8) is 0 Å². The molecule has 1 aromatic heterocycles. The fraction of sp³-hybridized carbons (Fsp3) is 0.250. The summed E-state index contributed by atoms with van der Waals surface area (Å²) in [6.07, 6.45) is 0.505. The van der Waals surface area contributed by atoms with Crippen molar-refractivity contribution >= 4 is 34.5 Å². The van der Waals surface area contributed by atoms with Gasteiger partial charge in [-0.1, -0.05) is 5.16 Å². The molecule has 0 aliphatic rings. The first-order chi connectivity index (χ1) is 9.06. The number of aryl methyl sites for hydroxylation is 1. The molecule has 0 saturated heterocycles. The van der Waals surface area contributed by atoms with Crippen molar-refractivity contribution in [1.29, 1.82) is 0 Å². The number of carbonyl (C=O) groups excluding carboxylic acids is 1. The molecule has 1 aromatic carbocycles. The first-order valence-corrected chi connectivity index (χ1v) is 6.86. The highest BCUT2D eigenvalue weighted by Crippen LogP contribution is 2.20. The van der Waals surface area contributed by atoms with Crippen LogP contribution in [-0.2, 0) is 6.42 Å². The molecule has 1 N–H and O–H groups in total. The lowest BCUT2D eigenvalue weighted by atomic mass is 10.2. The van der Waals surface area contributed by atoms with Gasteiger partial charge in [0.2, 0.25) is 5.89 Å². The summed E-state index contributed by atoms with van der Waals surface area (Å²) < 4.78 is 5.69. The number of amides is 1. The average Bonchev–Trinajstić information content (AvgIpc) is 2.78. The van der Waals surface area contributed by atoms with Gasteiger partial charge in [-0.3, -0.25) is 4.79 Å². The van der Waals surface area contributed by atoms with Crippen LogP contribution in [0.2, 0.25) is 0 Å². The Morgan fingerprint density at radius 2 is 2.32 bits per heavy atom. The molecule has 2 aromatic rings. The van der Waals surface area contributed by atoms with Gasteiger partial charge < -0.3 is 9.84 Å². The summed E-state index contributed by atoms with van der Waals surface area (Å²) in [7, 11) is 0. The monoisotopic (exact) mass is 341 g/mol. The van der Waals surface area contributed by atoms with E-state index in [0.29, 0.717) is 30.2 Å². The summed E-state index contributed by atoms with van der Waals surface area (Å²) in [6, 6.07) is 5.31. The van der Waals surface area contributed by atoms with Crippen LogP contribution in [0.15, 0.2) is 32.1 Å². The van der Waals surface area contributed by atoms with Crippen molar-refractivity contribution in [3.05, 3.63) is 40.0 Å². The van der Waals surface area contributed by atoms with E-state index in [1.807, 2.05) is 6.07 Å².